The molecule has 104 valence electrons. The molecule has 6 heteroatoms. The van der Waals surface area contributed by atoms with Crippen LogP contribution in [0.2, 0.25) is 0 Å². The van der Waals surface area contributed by atoms with Crippen molar-refractivity contribution in [3.63, 3.8) is 0 Å². The van der Waals surface area contributed by atoms with Crippen molar-refractivity contribution in [2.75, 3.05) is 17.6 Å². The third-order valence-corrected chi connectivity index (χ3v) is 2.61. The van der Waals surface area contributed by atoms with Crippen LogP contribution >= 0.6 is 0 Å². The fourth-order valence-corrected chi connectivity index (χ4v) is 1.54. The van der Waals surface area contributed by atoms with E-state index >= 15 is 0 Å². The number of rotatable bonds is 6. The van der Waals surface area contributed by atoms with Gasteiger partial charge in [0, 0.05) is 6.04 Å². The van der Waals surface area contributed by atoms with Gasteiger partial charge in [-0.3, -0.25) is 4.79 Å². The van der Waals surface area contributed by atoms with E-state index in [2.05, 4.69) is 15.6 Å². The molecule has 1 aliphatic rings. The summed E-state index contributed by atoms with van der Waals surface area (Å²) in [5, 5.41) is 5.86. The maximum atomic E-state index is 11.5. The average molecular weight is 264 g/mol. The number of nitrogen functional groups attached to an aromatic ring is 1. The van der Waals surface area contributed by atoms with Crippen LogP contribution in [0.15, 0.2) is 12.1 Å². The van der Waals surface area contributed by atoms with Crippen LogP contribution in [-0.4, -0.2) is 29.6 Å². The molecule has 19 heavy (non-hydrogen) atoms. The summed E-state index contributed by atoms with van der Waals surface area (Å²) in [5.74, 6) is 0.950. The fourth-order valence-electron chi connectivity index (χ4n) is 1.54. The number of carbonyl (C=O) groups is 1. The number of hydrogen-bond acceptors (Lipinski definition) is 5. The zero-order valence-corrected chi connectivity index (χ0v) is 11.3. The largest absolute Gasteiger partial charge is 0.473 e. The van der Waals surface area contributed by atoms with Gasteiger partial charge in [-0.25, -0.2) is 0 Å². The molecule has 1 amide bonds. The van der Waals surface area contributed by atoms with Crippen molar-refractivity contribution in [3.05, 3.63) is 12.1 Å². The van der Waals surface area contributed by atoms with Crippen molar-refractivity contribution >= 4 is 17.4 Å². The van der Waals surface area contributed by atoms with Crippen LogP contribution in [0.3, 0.4) is 0 Å². The topological polar surface area (TPSA) is 89.3 Å². The van der Waals surface area contributed by atoms with Gasteiger partial charge in [-0.2, -0.15) is 4.98 Å². The highest BCUT2D eigenvalue weighted by Gasteiger charge is 2.22. The number of anilines is 2. The minimum absolute atomic E-state index is 0.00298. The second kappa shape index (κ2) is 5.77. The summed E-state index contributed by atoms with van der Waals surface area (Å²) >= 11 is 0. The minimum atomic E-state index is -0.0209. The monoisotopic (exact) mass is 264 g/mol. The number of nitrogens with two attached hydrogens (primary N) is 1. The number of nitrogens with one attached hydrogen (secondary N) is 2. The lowest BCUT2D eigenvalue weighted by Gasteiger charge is -2.13. The van der Waals surface area contributed by atoms with E-state index in [1.807, 2.05) is 13.8 Å². The SMILES string of the molecule is CC(C)Oc1nc(NCC(=O)NC2CC2)ccc1N. The lowest BCUT2D eigenvalue weighted by molar-refractivity contribution is -0.119. The van der Waals surface area contributed by atoms with E-state index < -0.39 is 0 Å². The summed E-state index contributed by atoms with van der Waals surface area (Å²) in [4.78, 5) is 15.8. The quantitative estimate of drug-likeness (QED) is 0.717. The van der Waals surface area contributed by atoms with Crippen LogP contribution in [0.5, 0.6) is 5.88 Å². The molecule has 1 saturated carbocycles. The second-order valence-electron chi connectivity index (χ2n) is 4.95. The molecule has 0 saturated heterocycles. The van der Waals surface area contributed by atoms with E-state index in [4.69, 9.17) is 10.5 Å². The number of aromatic nitrogens is 1. The van der Waals surface area contributed by atoms with Crippen molar-refractivity contribution < 1.29 is 9.53 Å². The standard InChI is InChI=1S/C13H20N4O2/c1-8(2)19-13-10(14)5-6-11(17-13)15-7-12(18)16-9-3-4-9/h5-6,8-9H,3-4,7,14H2,1-2H3,(H,15,17)(H,16,18). The maximum Gasteiger partial charge on any atom is 0.239 e. The van der Waals surface area contributed by atoms with Crippen molar-refractivity contribution in [2.45, 2.75) is 38.8 Å². The molecule has 1 aromatic heterocycles. The Morgan fingerprint density at radius 2 is 2.26 bits per heavy atom. The van der Waals surface area contributed by atoms with Crippen molar-refractivity contribution in [1.29, 1.82) is 0 Å². The molecule has 1 aliphatic carbocycles. The van der Waals surface area contributed by atoms with Gasteiger partial charge in [0.05, 0.1) is 18.3 Å². The van der Waals surface area contributed by atoms with Crippen molar-refractivity contribution in [1.82, 2.24) is 10.3 Å². The molecule has 6 nitrogen and oxygen atoms in total. The third-order valence-electron chi connectivity index (χ3n) is 2.61. The van der Waals surface area contributed by atoms with Gasteiger partial charge in [0.25, 0.3) is 0 Å². The first-order valence-corrected chi connectivity index (χ1v) is 6.51. The molecule has 1 aromatic rings. The highest BCUT2D eigenvalue weighted by molar-refractivity contribution is 5.81. The maximum absolute atomic E-state index is 11.5. The molecule has 0 spiro atoms. The number of ether oxygens (including phenoxy) is 1. The van der Waals surface area contributed by atoms with E-state index in [1.165, 1.54) is 0 Å². The minimum Gasteiger partial charge on any atom is -0.473 e. The van der Waals surface area contributed by atoms with Crippen LogP contribution in [0, 0.1) is 0 Å². The Balaban J connectivity index is 1.90. The predicted molar refractivity (Wildman–Crippen MR) is 74.1 cm³/mol. The highest BCUT2D eigenvalue weighted by atomic mass is 16.5. The Morgan fingerprint density at radius 1 is 1.53 bits per heavy atom. The zero-order valence-electron chi connectivity index (χ0n) is 11.3. The van der Waals surface area contributed by atoms with Gasteiger partial charge in [-0.1, -0.05) is 0 Å². The number of carbonyl (C=O) groups excluding carboxylic acids is 1. The molecule has 0 aliphatic heterocycles. The van der Waals surface area contributed by atoms with Crippen LogP contribution in [-0.2, 0) is 4.79 Å². The summed E-state index contributed by atoms with van der Waals surface area (Å²) in [6, 6.07) is 3.81. The van der Waals surface area contributed by atoms with E-state index in [-0.39, 0.29) is 18.6 Å². The molecule has 0 radical (unpaired) electrons. The first kappa shape index (κ1) is 13.5. The smallest absolute Gasteiger partial charge is 0.239 e. The summed E-state index contributed by atoms with van der Waals surface area (Å²) in [6.07, 6.45) is 2.17. The molecule has 1 fully saturated rings. The summed E-state index contributed by atoms with van der Waals surface area (Å²) < 4.78 is 5.49. The summed E-state index contributed by atoms with van der Waals surface area (Å²) in [5.41, 5.74) is 6.26. The number of nitrogens with zero attached hydrogens (tertiary/aromatic N) is 1. The Kier molecular flexibility index (Phi) is 4.09. The third kappa shape index (κ3) is 4.31. The second-order valence-corrected chi connectivity index (χ2v) is 4.95. The van der Waals surface area contributed by atoms with E-state index in [0.717, 1.165) is 12.8 Å². The number of hydrogen-bond donors (Lipinski definition) is 3. The molecule has 1 heterocycles. The molecular weight excluding hydrogens is 244 g/mol. The van der Waals surface area contributed by atoms with Crippen LogP contribution in [0.1, 0.15) is 26.7 Å². The van der Waals surface area contributed by atoms with Gasteiger partial charge < -0.3 is 21.1 Å². The number of amides is 1. The molecular formula is C13H20N4O2. The van der Waals surface area contributed by atoms with Gasteiger partial charge in [0.15, 0.2) is 0 Å². The van der Waals surface area contributed by atoms with Gasteiger partial charge in [0.2, 0.25) is 11.8 Å². The first-order valence-electron chi connectivity index (χ1n) is 6.51. The Labute approximate surface area is 112 Å². The Bertz CT molecular complexity index is 458. The predicted octanol–water partition coefficient (Wildman–Crippen LogP) is 1.14. The molecule has 4 N–H and O–H groups in total. The van der Waals surface area contributed by atoms with Crippen LogP contribution < -0.4 is 21.1 Å². The van der Waals surface area contributed by atoms with E-state index in [9.17, 15) is 4.79 Å². The summed E-state index contributed by atoms with van der Waals surface area (Å²) in [7, 11) is 0. The summed E-state index contributed by atoms with van der Waals surface area (Å²) in [6.45, 7) is 4.02. The van der Waals surface area contributed by atoms with Crippen LogP contribution in [0.25, 0.3) is 0 Å². The Hall–Kier alpha value is -1.98. The average Bonchev–Trinajstić information content (AvgIpc) is 3.13. The fraction of sp³-hybridized carbons (Fsp3) is 0.538. The van der Waals surface area contributed by atoms with Gasteiger partial charge in [-0.05, 0) is 38.8 Å². The van der Waals surface area contributed by atoms with Gasteiger partial charge >= 0.3 is 0 Å². The molecule has 0 bridgehead atoms. The van der Waals surface area contributed by atoms with E-state index in [0.29, 0.717) is 23.4 Å². The van der Waals surface area contributed by atoms with Crippen molar-refractivity contribution in [3.8, 4) is 5.88 Å². The van der Waals surface area contributed by atoms with Gasteiger partial charge in [0.1, 0.15) is 5.82 Å². The molecule has 2 rings (SSSR count). The zero-order chi connectivity index (χ0) is 13.8. The molecule has 0 aromatic carbocycles. The van der Waals surface area contributed by atoms with Gasteiger partial charge in [-0.15, -0.1) is 0 Å². The highest BCUT2D eigenvalue weighted by Crippen LogP contribution is 2.22. The number of pyridine rings is 1. The lowest BCUT2D eigenvalue weighted by atomic mass is 10.4. The lowest BCUT2D eigenvalue weighted by Crippen LogP contribution is -2.31. The first-order chi connectivity index (χ1) is 9.04. The Morgan fingerprint density at radius 3 is 2.89 bits per heavy atom. The molecule has 0 atom stereocenters. The van der Waals surface area contributed by atoms with E-state index in [1.54, 1.807) is 12.1 Å². The molecule has 0 unspecified atom stereocenters. The van der Waals surface area contributed by atoms with Crippen molar-refractivity contribution in [2.24, 2.45) is 0 Å². The van der Waals surface area contributed by atoms with Crippen LogP contribution in [0.4, 0.5) is 11.5 Å². The normalized spacial score (nSPS) is 14.3.